The van der Waals surface area contributed by atoms with Gasteiger partial charge in [-0.1, -0.05) is 61.0 Å². The SMILES string of the molecule is C#CCCCCCCCCCCC(=C)Br. The smallest absolute Gasteiger partial charge is 0.00860 e. The van der Waals surface area contributed by atoms with Crippen LogP contribution in [0.5, 0.6) is 0 Å². The minimum atomic E-state index is 0.952. The molecule has 0 aromatic rings. The topological polar surface area (TPSA) is 0 Å². The van der Waals surface area contributed by atoms with E-state index in [4.69, 9.17) is 6.42 Å². The Hall–Kier alpha value is -0.220. The molecular formula is C14H23Br. The van der Waals surface area contributed by atoms with E-state index >= 15 is 0 Å². The molecule has 0 atom stereocenters. The minimum absolute atomic E-state index is 0.952. The van der Waals surface area contributed by atoms with Crippen molar-refractivity contribution < 1.29 is 0 Å². The molecule has 0 saturated carbocycles. The fourth-order valence-electron chi connectivity index (χ4n) is 1.60. The van der Waals surface area contributed by atoms with Crippen LogP contribution < -0.4 is 0 Å². The number of rotatable bonds is 10. The zero-order valence-corrected chi connectivity index (χ0v) is 11.3. The molecule has 0 aromatic carbocycles. The third kappa shape index (κ3) is 13.8. The molecule has 15 heavy (non-hydrogen) atoms. The molecule has 0 aromatic heterocycles. The van der Waals surface area contributed by atoms with Crippen molar-refractivity contribution in [2.24, 2.45) is 0 Å². The van der Waals surface area contributed by atoms with E-state index in [1.807, 2.05) is 0 Å². The lowest BCUT2D eigenvalue weighted by Crippen LogP contribution is -1.81. The maximum absolute atomic E-state index is 5.19. The number of terminal acetylenes is 1. The molecule has 0 spiro atoms. The van der Waals surface area contributed by atoms with Gasteiger partial charge in [0.2, 0.25) is 0 Å². The van der Waals surface area contributed by atoms with Crippen molar-refractivity contribution >= 4 is 15.9 Å². The molecule has 0 rings (SSSR count). The van der Waals surface area contributed by atoms with Gasteiger partial charge in [0.1, 0.15) is 0 Å². The number of hydrogen-bond donors (Lipinski definition) is 0. The largest absolute Gasteiger partial charge is 0.120 e. The van der Waals surface area contributed by atoms with Crippen molar-refractivity contribution in [1.29, 1.82) is 0 Å². The summed E-state index contributed by atoms with van der Waals surface area (Å²) in [5.41, 5.74) is 0. The van der Waals surface area contributed by atoms with Crippen molar-refractivity contribution in [3.8, 4) is 12.3 Å². The molecule has 0 N–H and O–H groups in total. The fraction of sp³-hybridized carbons (Fsp3) is 0.714. The Morgan fingerprint density at radius 1 is 0.933 bits per heavy atom. The van der Waals surface area contributed by atoms with Gasteiger partial charge in [-0.3, -0.25) is 0 Å². The van der Waals surface area contributed by atoms with Crippen molar-refractivity contribution in [2.75, 3.05) is 0 Å². The van der Waals surface area contributed by atoms with Crippen LogP contribution in [0.2, 0.25) is 0 Å². The van der Waals surface area contributed by atoms with Crippen molar-refractivity contribution in [3.05, 3.63) is 11.1 Å². The van der Waals surface area contributed by atoms with Crippen molar-refractivity contribution in [2.45, 2.75) is 64.2 Å². The van der Waals surface area contributed by atoms with E-state index in [-0.39, 0.29) is 0 Å². The van der Waals surface area contributed by atoms with E-state index in [9.17, 15) is 0 Å². The predicted octanol–water partition coefficient (Wildman–Crippen LogP) is 5.43. The molecule has 1 heteroatoms. The zero-order chi connectivity index (χ0) is 11.4. The normalized spacial score (nSPS) is 9.87. The third-order valence-corrected chi connectivity index (χ3v) is 2.92. The van der Waals surface area contributed by atoms with Gasteiger partial charge in [-0.25, -0.2) is 0 Å². The molecule has 0 aliphatic heterocycles. The highest BCUT2D eigenvalue weighted by atomic mass is 79.9. The van der Waals surface area contributed by atoms with Crippen LogP contribution in [0.15, 0.2) is 11.1 Å². The lowest BCUT2D eigenvalue weighted by Gasteiger charge is -2.01. The van der Waals surface area contributed by atoms with Crippen LogP contribution in [0, 0.1) is 12.3 Å². The number of allylic oxidation sites excluding steroid dienone is 1. The van der Waals surface area contributed by atoms with Gasteiger partial charge in [0.05, 0.1) is 0 Å². The van der Waals surface area contributed by atoms with Gasteiger partial charge in [-0.2, -0.15) is 0 Å². The molecule has 0 saturated heterocycles. The van der Waals surface area contributed by atoms with E-state index in [2.05, 4.69) is 28.4 Å². The summed E-state index contributed by atoms with van der Waals surface area (Å²) in [5, 5.41) is 0. The third-order valence-electron chi connectivity index (χ3n) is 2.52. The Kier molecular flexibility index (Phi) is 11.7. The van der Waals surface area contributed by atoms with E-state index in [1.165, 1.54) is 51.4 Å². The molecule has 0 radical (unpaired) electrons. The van der Waals surface area contributed by atoms with Crippen LogP contribution in [0.1, 0.15) is 64.2 Å². The van der Waals surface area contributed by atoms with E-state index < -0.39 is 0 Å². The van der Waals surface area contributed by atoms with Crippen LogP contribution in [-0.4, -0.2) is 0 Å². The first-order valence-corrected chi connectivity index (χ1v) is 6.83. The summed E-state index contributed by atoms with van der Waals surface area (Å²) < 4.78 is 1.14. The molecule has 0 heterocycles. The molecule has 0 nitrogen and oxygen atoms in total. The van der Waals surface area contributed by atoms with Gasteiger partial charge in [0.15, 0.2) is 0 Å². The van der Waals surface area contributed by atoms with Crippen LogP contribution in [-0.2, 0) is 0 Å². The summed E-state index contributed by atoms with van der Waals surface area (Å²) in [7, 11) is 0. The summed E-state index contributed by atoms with van der Waals surface area (Å²) >= 11 is 3.38. The molecule has 0 aliphatic rings. The minimum Gasteiger partial charge on any atom is -0.120 e. The second-order valence-electron chi connectivity index (χ2n) is 4.05. The highest BCUT2D eigenvalue weighted by Crippen LogP contribution is 2.14. The second-order valence-corrected chi connectivity index (χ2v) is 5.17. The Morgan fingerprint density at radius 3 is 1.87 bits per heavy atom. The van der Waals surface area contributed by atoms with Gasteiger partial charge in [0.25, 0.3) is 0 Å². The molecule has 86 valence electrons. The summed E-state index contributed by atoms with van der Waals surface area (Å²) in [4.78, 5) is 0. The van der Waals surface area contributed by atoms with Gasteiger partial charge >= 0.3 is 0 Å². The van der Waals surface area contributed by atoms with Gasteiger partial charge in [-0.15, -0.1) is 12.3 Å². The summed E-state index contributed by atoms with van der Waals surface area (Å²) in [6.45, 7) is 3.83. The zero-order valence-electron chi connectivity index (χ0n) is 9.73. The van der Waals surface area contributed by atoms with Gasteiger partial charge in [-0.05, 0) is 23.7 Å². The summed E-state index contributed by atoms with van der Waals surface area (Å²) in [6, 6.07) is 0. The van der Waals surface area contributed by atoms with Crippen LogP contribution >= 0.6 is 15.9 Å². The van der Waals surface area contributed by atoms with E-state index in [0.29, 0.717) is 0 Å². The molecule has 0 unspecified atom stereocenters. The number of unbranched alkanes of at least 4 members (excludes halogenated alkanes) is 8. The monoisotopic (exact) mass is 270 g/mol. The predicted molar refractivity (Wildman–Crippen MR) is 73.1 cm³/mol. The highest BCUT2D eigenvalue weighted by Gasteiger charge is 1.92. The molecule has 0 amide bonds. The van der Waals surface area contributed by atoms with Gasteiger partial charge < -0.3 is 0 Å². The molecule has 0 aliphatic carbocycles. The molecule has 0 fully saturated rings. The fourth-order valence-corrected chi connectivity index (χ4v) is 1.88. The standard InChI is InChI=1S/C14H23Br/c1-3-4-5-6-7-8-9-10-11-12-13-14(2)15/h1H,2,4-13H2. The van der Waals surface area contributed by atoms with Crippen molar-refractivity contribution in [3.63, 3.8) is 0 Å². The number of hydrogen-bond acceptors (Lipinski definition) is 0. The second kappa shape index (κ2) is 11.9. The highest BCUT2D eigenvalue weighted by molar-refractivity contribution is 9.11. The Morgan fingerprint density at radius 2 is 1.40 bits per heavy atom. The molecular weight excluding hydrogens is 248 g/mol. The van der Waals surface area contributed by atoms with Crippen LogP contribution in [0.4, 0.5) is 0 Å². The molecule has 0 bridgehead atoms. The lowest BCUT2D eigenvalue weighted by molar-refractivity contribution is 0.572. The first kappa shape index (κ1) is 14.8. The summed E-state index contributed by atoms with van der Waals surface area (Å²) in [6.07, 6.45) is 17.9. The Bertz CT molecular complexity index is 188. The average Bonchev–Trinajstić information content (AvgIpc) is 2.20. The quantitative estimate of drug-likeness (QED) is 0.367. The maximum atomic E-state index is 5.19. The Balaban J connectivity index is 2.93. The van der Waals surface area contributed by atoms with Crippen molar-refractivity contribution in [1.82, 2.24) is 0 Å². The summed E-state index contributed by atoms with van der Waals surface area (Å²) in [5.74, 6) is 2.68. The van der Waals surface area contributed by atoms with E-state index in [0.717, 1.165) is 17.3 Å². The lowest BCUT2D eigenvalue weighted by atomic mass is 10.1. The first-order valence-electron chi connectivity index (χ1n) is 6.04. The Labute approximate surface area is 104 Å². The van der Waals surface area contributed by atoms with Crippen LogP contribution in [0.3, 0.4) is 0 Å². The maximum Gasteiger partial charge on any atom is 0.00860 e. The average molecular weight is 271 g/mol. The van der Waals surface area contributed by atoms with E-state index in [1.54, 1.807) is 0 Å². The number of halogens is 1. The van der Waals surface area contributed by atoms with Gasteiger partial charge in [0, 0.05) is 6.42 Å². The first-order chi connectivity index (χ1) is 7.27. The van der Waals surface area contributed by atoms with Crippen LogP contribution in [0.25, 0.3) is 0 Å².